The van der Waals surface area contributed by atoms with Gasteiger partial charge in [0.2, 0.25) is 0 Å². The molecule has 0 saturated carbocycles. The topological polar surface area (TPSA) is 41.5 Å². The molecule has 2 aromatic rings. The molecule has 1 saturated heterocycles. The van der Waals surface area contributed by atoms with Gasteiger partial charge in [0.05, 0.1) is 15.6 Å². The predicted molar refractivity (Wildman–Crippen MR) is 101 cm³/mol. The largest absolute Gasteiger partial charge is 0.300 e. The van der Waals surface area contributed by atoms with E-state index in [1.54, 1.807) is 6.07 Å². The van der Waals surface area contributed by atoms with Crippen molar-refractivity contribution in [1.29, 1.82) is 0 Å². The Hall–Kier alpha value is -1.31. The molecule has 0 aromatic heterocycles. The van der Waals surface area contributed by atoms with Crippen LogP contribution in [0.2, 0.25) is 5.02 Å². The van der Waals surface area contributed by atoms with E-state index in [0.29, 0.717) is 20.8 Å². The Bertz CT molecular complexity index is 804. The fraction of sp³-hybridized carbons (Fsp3) is 0. The molecule has 1 aliphatic heterocycles. The number of hydrogen-bond donors (Lipinski definition) is 1. The van der Waals surface area contributed by atoms with Crippen LogP contribution in [-0.2, 0) is 4.79 Å². The minimum atomic E-state index is -0.144. The fourth-order valence-corrected chi connectivity index (χ4v) is 3.46. The average molecular weight is 441 g/mol. The van der Waals surface area contributed by atoms with Crippen molar-refractivity contribution < 1.29 is 4.79 Å². The Morgan fingerprint density at radius 1 is 1.18 bits per heavy atom. The van der Waals surface area contributed by atoms with Crippen molar-refractivity contribution in [2.75, 3.05) is 0 Å². The van der Waals surface area contributed by atoms with Crippen molar-refractivity contribution >= 4 is 68.8 Å². The van der Waals surface area contributed by atoms with E-state index in [2.05, 4.69) is 32.9 Å². The number of rotatable bonds is 2. The first-order chi connectivity index (χ1) is 10.6. The Morgan fingerprint density at radius 3 is 2.77 bits per heavy atom. The molecule has 3 nitrogen and oxygen atoms in total. The second-order valence-corrected chi connectivity index (χ2v) is 7.17. The molecule has 1 N–H and O–H groups in total. The number of nitrogens with one attached hydrogen (secondary N) is 1. The third kappa shape index (κ3) is 3.71. The van der Waals surface area contributed by atoms with Crippen molar-refractivity contribution in [3.8, 4) is 0 Å². The van der Waals surface area contributed by atoms with E-state index in [1.165, 1.54) is 11.8 Å². The third-order valence-corrected chi connectivity index (χ3v) is 4.77. The summed E-state index contributed by atoms with van der Waals surface area (Å²) < 4.78 is 1.13. The SMILES string of the molecule is O=C1NC(=Nc2ccccc2Cl)S/C1=C/c1cccc(I)c1. The lowest BCUT2D eigenvalue weighted by Gasteiger charge is -1.98. The number of thioether (sulfide) groups is 1. The van der Waals surface area contributed by atoms with Gasteiger partial charge in [-0.1, -0.05) is 35.9 Å². The highest BCUT2D eigenvalue weighted by atomic mass is 127. The van der Waals surface area contributed by atoms with Crippen molar-refractivity contribution in [3.05, 3.63) is 67.6 Å². The molecule has 0 bridgehead atoms. The summed E-state index contributed by atoms with van der Waals surface area (Å²) in [4.78, 5) is 17.0. The summed E-state index contributed by atoms with van der Waals surface area (Å²) in [5.41, 5.74) is 1.63. The van der Waals surface area contributed by atoms with Crippen LogP contribution < -0.4 is 5.32 Å². The van der Waals surface area contributed by atoms with E-state index >= 15 is 0 Å². The highest BCUT2D eigenvalue weighted by Gasteiger charge is 2.23. The normalized spacial score (nSPS) is 18.0. The zero-order valence-electron chi connectivity index (χ0n) is 11.2. The van der Waals surface area contributed by atoms with Crippen LogP contribution in [0.3, 0.4) is 0 Å². The molecule has 0 aliphatic carbocycles. The van der Waals surface area contributed by atoms with Crippen LogP contribution in [-0.4, -0.2) is 11.1 Å². The van der Waals surface area contributed by atoms with Gasteiger partial charge in [0.25, 0.3) is 5.91 Å². The number of para-hydroxylation sites is 1. The quantitative estimate of drug-likeness (QED) is 0.536. The lowest BCUT2D eigenvalue weighted by Crippen LogP contribution is -2.19. The van der Waals surface area contributed by atoms with E-state index < -0.39 is 0 Å². The molecule has 3 rings (SSSR count). The lowest BCUT2D eigenvalue weighted by molar-refractivity contribution is -0.115. The van der Waals surface area contributed by atoms with Gasteiger partial charge in [0.1, 0.15) is 0 Å². The highest BCUT2D eigenvalue weighted by Crippen LogP contribution is 2.30. The van der Waals surface area contributed by atoms with Crippen molar-refractivity contribution in [3.63, 3.8) is 0 Å². The summed E-state index contributed by atoms with van der Waals surface area (Å²) in [6.45, 7) is 0. The maximum absolute atomic E-state index is 12.0. The Kier molecular flexibility index (Phi) is 4.85. The number of aliphatic imine (C=N–C) groups is 1. The van der Waals surface area contributed by atoms with E-state index in [9.17, 15) is 4.79 Å². The number of amidine groups is 1. The molecule has 2 aromatic carbocycles. The molecule has 22 heavy (non-hydrogen) atoms. The van der Waals surface area contributed by atoms with Crippen molar-refractivity contribution in [1.82, 2.24) is 5.32 Å². The number of halogens is 2. The number of benzene rings is 2. The second kappa shape index (κ2) is 6.85. The van der Waals surface area contributed by atoms with Crippen LogP contribution in [0.1, 0.15) is 5.56 Å². The van der Waals surface area contributed by atoms with E-state index in [1.807, 2.05) is 48.5 Å². The molecule has 1 aliphatic rings. The Balaban J connectivity index is 1.86. The molecule has 1 amide bonds. The van der Waals surface area contributed by atoms with Gasteiger partial charge in [-0.3, -0.25) is 4.79 Å². The first-order valence-corrected chi connectivity index (χ1v) is 8.69. The number of carbonyl (C=O) groups excluding carboxylic acids is 1. The van der Waals surface area contributed by atoms with Crippen molar-refractivity contribution in [2.45, 2.75) is 0 Å². The van der Waals surface area contributed by atoms with Crippen molar-refractivity contribution in [2.24, 2.45) is 4.99 Å². The van der Waals surface area contributed by atoms with E-state index in [-0.39, 0.29) is 5.91 Å². The monoisotopic (exact) mass is 440 g/mol. The number of nitrogens with zero attached hydrogens (tertiary/aromatic N) is 1. The van der Waals surface area contributed by atoms with Gasteiger partial charge in [-0.05, 0) is 70.3 Å². The van der Waals surface area contributed by atoms with E-state index in [4.69, 9.17) is 11.6 Å². The van der Waals surface area contributed by atoms with Crippen LogP contribution in [0, 0.1) is 3.57 Å². The lowest BCUT2D eigenvalue weighted by atomic mass is 10.2. The molecule has 110 valence electrons. The molecule has 6 heteroatoms. The molecule has 0 spiro atoms. The maximum atomic E-state index is 12.0. The van der Waals surface area contributed by atoms with Crippen LogP contribution in [0.15, 0.2) is 58.4 Å². The van der Waals surface area contributed by atoms with Gasteiger partial charge in [0, 0.05) is 3.57 Å². The minimum Gasteiger partial charge on any atom is -0.300 e. The van der Waals surface area contributed by atoms with Crippen LogP contribution >= 0.6 is 46.0 Å². The average Bonchev–Trinajstić information content (AvgIpc) is 2.81. The number of carbonyl (C=O) groups is 1. The smallest absolute Gasteiger partial charge is 0.264 e. The second-order valence-electron chi connectivity index (χ2n) is 4.49. The first kappa shape index (κ1) is 15.6. The van der Waals surface area contributed by atoms with Gasteiger partial charge >= 0.3 is 0 Å². The molecule has 1 fully saturated rings. The fourth-order valence-electron chi connectivity index (χ4n) is 1.88. The molecule has 0 atom stereocenters. The third-order valence-electron chi connectivity index (χ3n) is 2.87. The van der Waals surface area contributed by atoms with Crippen LogP contribution in [0.5, 0.6) is 0 Å². The predicted octanol–water partition coefficient (Wildman–Crippen LogP) is 4.84. The van der Waals surface area contributed by atoms with Gasteiger partial charge in [-0.2, -0.15) is 0 Å². The minimum absolute atomic E-state index is 0.144. The van der Waals surface area contributed by atoms with Crippen LogP contribution in [0.25, 0.3) is 6.08 Å². The van der Waals surface area contributed by atoms with Crippen LogP contribution in [0.4, 0.5) is 5.69 Å². The maximum Gasteiger partial charge on any atom is 0.264 e. The summed E-state index contributed by atoms with van der Waals surface area (Å²) in [5.74, 6) is -0.144. The first-order valence-electron chi connectivity index (χ1n) is 6.41. The molecular formula is C16H10ClIN2OS. The summed E-state index contributed by atoms with van der Waals surface area (Å²) in [6.07, 6.45) is 1.86. The zero-order chi connectivity index (χ0) is 15.5. The molecule has 1 heterocycles. The van der Waals surface area contributed by atoms with Gasteiger partial charge in [-0.25, -0.2) is 4.99 Å². The summed E-state index contributed by atoms with van der Waals surface area (Å²) in [5, 5.41) is 3.85. The summed E-state index contributed by atoms with van der Waals surface area (Å²) in [6, 6.07) is 15.2. The molecule has 0 unspecified atom stereocenters. The van der Waals surface area contributed by atoms with Gasteiger partial charge in [0.15, 0.2) is 5.17 Å². The number of hydrogen-bond acceptors (Lipinski definition) is 3. The standard InChI is InChI=1S/C16H10ClIN2OS/c17-12-6-1-2-7-13(12)19-16-20-15(21)14(22-16)9-10-4-3-5-11(18)8-10/h1-9H,(H,19,20,21)/b14-9+. The molecular weight excluding hydrogens is 431 g/mol. The zero-order valence-corrected chi connectivity index (χ0v) is 14.9. The summed E-state index contributed by atoms with van der Waals surface area (Å²) in [7, 11) is 0. The van der Waals surface area contributed by atoms with Gasteiger partial charge < -0.3 is 5.32 Å². The van der Waals surface area contributed by atoms with Gasteiger partial charge in [-0.15, -0.1) is 0 Å². The van der Waals surface area contributed by atoms with E-state index in [0.717, 1.165) is 9.13 Å². The molecule has 0 radical (unpaired) electrons. The Morgan fingerprint density at radius 2 is 2.00 bits per heavy atom. The number of amides is 1. The highest BCUT2D eigenvalue weighted by molar-refractivity contribution is 14.1. The summed E-state index contributed by atoms with van der Waals surface area (Å²) >= 11 is 9.64. The Labute approximate surface area is 151 Å².